The molecule has 0 heterocycles. The van der Waals surface area contributed by atoms with E-state index in [1.807, 2.05) is 12.1 Å². The van der Waals surface area contributed by atoms with Crippen molar-refractivity contribution in [2.24, 2.45) is 5.92 Å². The predicted octanol–water partition coefficient (Wildman–Crippen LogP) is 5.87. The molecule has 1 unspecified atom stereocenters. The van der Waals surface area contributed by atoms with E-state index in [1.165, 1.54) is 24.8 Å². The van der Waals surface area contributed by atoms with Crippen molar-refractivity contribution < 1.29 is 9.53 Å². The fourth-order valence-electron chi connectivity index (χ4n) is 2.92. The Morgan fingerprint density at radius 3 is 2.38 bits per heavy atom. The minimum atomic E-state index is 0.142. The molecule has 1 N–H and O–H groups in total. The lowest BCUT2D eigenvalue weighted by Gasteiger charge is -2.23. The number of unbranched alkanes of at least 4 members (excludes halogenated alkanes) is 1. The van der Waals surface area contributed by atoms with Crippen LogP contribution in [0.5, 0.6) is 5.75 Å². The molecule has 0 aliphatic carbocycles. The molecule has 1 aromatic rings. The highest BCUT2D eigenvalue weighted by Crippen LogP contribution is 2.28. The SMILES string of the molecule is CCCCC(CC)CNC(=O)CCCOc1ccc(C(C)(C)CC)cc1. The number of rotatable bonds is 13. The second-order valence-corrected chi connectivity index (χ2v) is 7.93. The first-order valence-corrected chi connectivity index (χ1v) is 10.4. The molecule has 3 nitrogen and oxygen atoms in total. The number of benzene rings is 1. The van der Waals surface area contributed by atoms with E-state index < -0.39 is 0 Å². The van der Waals surface area contributed by atoms with Crippen LogP contribution in [0.2, 0.25) is 0 Å². The summed E-state index contributed by atoms with van der Waals surface area (Å²) >= 11 is 0. The predicted molar refractivity (Wildman–Crippen MR) is 111 cm³/mol. The van der Waals surface area contributed by atoms with Crippen LogP contribution in [0.4, 0.5) is 0 Å². The lowest BCUT2D eigenvalue weighted by atomic mass is 9.82. The van der Waals surface area contributed by atoms with Crippen LogP contribution in [0.25, 0.3) is 0 Å². The highest BCUT2D eigenvalue weighted by atomic mass is 16.5. The molecular formula is C23H39NO2. The number of hydrogen-bond donors (Lipinski definition) is 1. The number of carbonyl (C=O) groups is 1. The zero-order valence-electron chi connectivity index (χ0n) is 17.6. The highest BCUT2D eigenvalue weighted by Gasteiger charge is 2.17. The van der Waals surface area contributed by atoms with Crippen molar-refractivity contribution in [2.45, 2.75) is 85.0 Å². The highest BCUT2D eigenvalue weighted by molar-refractivity contribution is 5.75. The minimum absolute atomic E-state index is 0.142. The summed E-state index contributed by atoms with van der Waals surface area (Å²) in [5.74, 6) is 1.64. The molecule has 0 radical (unpaired) electrons. The summed E-state index contributed by atoms with van der Waals surface area (Å²) in [6, 6.07) is 8.36. The fourth-order valence-corrected chi connectivity index (χ4v) is 2.92. The van der Waals surface area contributed by atoms with Crippen molar-refractivity contribution in [2.75, 3.05) is 13.2 Å². The van der Waals surface area contributed by atoms with E-state index in [1.54, 1.807) is 0 Å². The van der Waals surface area contributed by atoms with E-state index in [0.717, 1.165) is 31.6 Å². The first-order valence-electron chi connectivity index (χ1n) is 10.4. The summed E-state index contributed by atoms with van der Waals surface area (Å²) < 4.78 is 5.78. The zero-order valence-corrected chi connectivity index (χ0v) is 17.6. The molecule has 1 amide bonds. The van der Waals surface area contributed by atoms with Gasteiger partial charge in [-0.2, -0.15) is 0 Å². The normalized spacial score (nSPS) is 12.7. The maximum Gasteiger partial charge on any atom is 0.220 e. The van der Waals surface area contributed by atoms with Gasteiger partial charge in [-0.1, -0.05) is 66.0 Å². The quantitative estimate of drug-likeness (QED) is 0.446. The van der Waals surface area contributed by atoms with E-state index in [2.05, 4.69) is 52.1 Å². The molecule has 0 aliphatic rings. The standard InChI is InChI=1S/C23H39NO2/c1-6-9-11-19(7-2)18-24-22(25)12-10-17-26-21-15-13-20(14-16-21)23(4,5)8-3/h13-16,19H,6-12,17-18H2,1-5H3,(H,24,25). The molecule has 148 valence electrons. The average molecular weight is 362 g/mol. The van der Waals surface area contributed by atoms with Gasteiger partial charge in [-0.15, -0.1) is 0 Å². The second-order valence-electron chi connectivity index (χ2n) is 7.93. The third-order valence-electron chi connectivity index (χ3n) is 5.47. The van der Waals surface area contributed by atoms with E-state index in [0.29, 0.717) is 18.9 Å². The van der Waals surface area contributed by atoms with Gasteiger partial charge in [-0.3, -0.25) is 4.79 Å². The van der Waals surface area contributed by atoms with E-state index in [4.69, 9.17) is 4.74 Å². The number of ether oxygens (including phenoxy) is 1. The van der Waals surface area contributed by atoms with Crippen molar-refractivity contribution in [3.63, 3.8) is 0 Å². The number of carbonyl (C=O) groups excluding carboxylic acids is 1. The van der Waals surface area contributed by atoms with Crippen LogP contribution in [0.1, 0.15) is 85.1 Å². The molecule has 3 heteroatoms. The number of hydrogen-bond acceptors (Lipinski definition) is 2. The first-order chi connectivity index (χ1) is 12.4. The summed E-state index contributed by atoms with van der Waals surface area (Å²) in [6.07, 6.45) is 7.20. The van der Waals surface area contributed by atoms with Crippen molar-refractivity contribution in [3.8, 4) is 5.75 Å². The van der Waals surface area contributed by atoms with Crippen LogP contribution >= 0.6 is 0 Å². The Hall–Kier alpha value is -1.51. The van der Waals surface area contributed by atoms with Crippen molar-refractivity contribution in [3.05, 3.63) is 29.8 Å². The Morgan fingerprint density at radius 2 is 1.81 bits per heavy atom. The van der Waals surface area contributed by atoms with Gasteiger partial charge in [0.25, 0.3) is 0 Å². The summed E-state index contributed by atoms with van der Waals surface area (Å²) in [5, 5.41) is 3.08. The fraction of sp³-hybridized carbons (Fsp3) is 0.696. The second kappa shape index (κ2) is 12.0. The van der Waals surface area contributed by atoms with Gasteiger partial charge in [-0.05, 0) is 48.3 Å². The van der Waals surface area contributed by atoms with Crippen LogP contribution in [0, 0.1) is 5.92 Å². The topological polar surface area (TPSA) is 38.3 Å². The Labute approximate surface area is 160 Å². The molecule has 0 fully saturated rings. The molecule has 1 rings (SSSR count). The maximum atomic E-state index is 12.0. The van der Waals surface area contributed by atoms with Crippen molar-refractivity contribution in [1.82, 2.24) is 5.32 Å². The van der Waals surface area contributed by atoms with Gasteiger partial charge in [0.1, 0.15) is 5.75 Å². The van der Waals surface area contributed by atoms with E-state index in [9.17, 15) is 4.79 Å². The largest absolute Gasteiger partial charge is 0.494 e. The Kier molecular flexibility index (Phi) is 10.4. The molecule has 0 saturated heterocycles. The Balaban J connectivity index is 2.24. The average Bonchev–Trinajstić information content (AvgIpc) is 2.65. The van der Waals surface area contributed by atoms with Gasteiger partial charge in [0.05, 0.1) is 6.61 Å². The van der Waals surface area contributed by atoms with Gasteiger partial charge in [0.15, 0.2) is 0 Å². The molecule has 26 heavy (non-hydrogen) atoms. The molecule has 1 atom stereocenters. The third kappa shape index (κ3) is 8.25. The van der Waals surface area contributed by atoms with Crippen LogP contribution < -0.4 is 10.1 Å². The molecule has 0 aliphatic heterocycles. The summed E-state index contributed by atoms with van der Waals surface area (Å²) in [4.78, 5) is 12.0. The smallest absolute Gasteiger partial charge is 0.220 e. The third-order valence-corrected chi connectivity index (χ3v) is 5.47. The van der Waals surface area contributed by atoms with Crippen LogP contribution in [-0.2, 0) is 10.2 Å². The molecule has 0 aromatic heterocycles. The van der Waals surface area contributed by atoms with Crippen molar-refractivity contribution in [1.29, 1.82) is 0 Å². The minimum Gasteiger partial charge on any atom is -0.494 e. The van der Waals surface area contributed by atoms with Crippen LogP contribution in [-0.4, -0.2) is 19.1 Å². The van der Waals surface area contributed by atoms with Gasteiger partial charge < -0.3 is 10.1 Å². The maximum absolute atomic E-state index is 12.0. The molecular weight excluding hydrogens is 322 g/mol. The molecule has 0 spiro atoms. The molecule has 0 saturated carbocycles. The van der Waals surface area contributed by atoms with Gasteiger partial charge >= 0.3 is 0 Å². The number of nitrogens with one attached hydrogen (secondary N) is 1. The summed E-state index contributed by atoms with van der Waals surface area (Å²) in [6.45, 7) is 12.5. The van der Waals surface area contributed by atoms with Gasteiger partial charge in [0, 0.05) is 13.0 Å². The van der Waals surface area contributed by atoms with Crippen molar-refractivity contribution >= 4 is 5.91 Å². The molecule has 0 bridgehead atoms. The zero-order chi connectivity index (χ0) is 19.4. The monoisotopic (exact) mass is 361 g/mol. The lowest BCUT2D eigenvalue weighted by molar-refractivity contribution is -0.121. The number of amides is 1. The Morgan fingerprint density at radius 1 is 1.12 bits per heavy atom. The lowest BCUT2D eigenvalue weighted by Crippen LogP contribution is -2.29. The van der Waals surface area contributed by atoms with E-state index in [-0.39, 0.29) is 11.3 Å². The first kappa shape index (κ1) is 22.5. The van der Waals surface area contributed by atoms with Crippen LogP contribution in [0.15, 0.2) is 24.3 Å². The van der Waals surface area contributed by atoms with Gasteiger partial charge in [-0.25, -0.2) is 0 Å². The van der Waals surface area contributed by atoms with Gasteiger partial charge in [0.2, 0.25) is 5.91 Å². The molecule has 1 aromatic carbocycles. The summed E-state index contributed by atoms with van der Waals surface area (Å²) in [5.41, 5.74) is 1.53. The van der Waals surface area contributed by atoms with E-state index >= 15 is 0 Å². The van der Waals surface area contributed by atoms with Crippen LogP contribution in [0.3, 0.4) is 0 Å². The summed E-state index contributed by atoms with van der Waals surface area (Å²) in [7, 11) is 0. The Bertz CT molecular complexity index is 507.